The van der Waals surface area contributed by atoms with Gasteiger partial charge in [0.2, 0.25) is 0 Å². The van der Waals surface area contributed by atoms with Crippen LogP contribution in [0.4, 0.5) is 4.79 Å². The van der Waals surface area contributed by atoms with Crippen LogP contribution in [0.5, 0.6) is 0 Å². The molecule has 3 aliphatic rings. The summed E-state index contributed by atoms with van der Waals surface area (Å²) in [6.07, 6.45) is 1.64. The lowest BCUT2D eigenvalue weighted by atomic mass is 9.68. The second-order valence-electron chi connectivity index (χ2n) is 11.5. The van der Waals surface area contributed by atoms with Gasteiger partial charge in [-0.25, -0.2) is 4.79 Å². The van der Waals surface area contributed by atoms with Crippen LogP contribution in [0, 0.1) is 0 Å². The number of amides is 4. The molecule has 37 heavy (non-hydrogen) atoms. The second-order valence-corrected chi connectivity index (χ2v) is 11.5. The zero-order valence-electron chi connectivity index (χ0n) is 21.8. The average molecular weight is 490 g/mol. The molecule has 1 aromatic heterocycles. The Kier molecular flexibility index (Phi) is 3.91. The zero-order valence-corrected chi connectivity index (χ0v) is 21.8. The summed E-state index contributed by atoms with van der Waals surface area (Å²) in [7, 11) is 2.80. The first-order chi connectivity index (χ1) is 17.5. The van der Waals surface area contributed by atoms with Gasteiger partial charge in [0.05, 0.1) is 16.7 Å². The quantitative estimate of drug-likeness (QED) is 0.262. The molecule has 4 amide bonds. The predicted molar refractivity (Wildman–Crippen MR) is 144 cm³/mol. The average Bonchev–Trinajstić information content (AvgIpc) is 3.21. The monoisotopic (exact) mass is 489 g/mol. The number of hydrogen-bond acceptors (Lipinski definition) is 3. The van der Waals surface area contributed by atoms with Crippen LogP contribution in [0.3, 0.4) is 0 Å². The number of carbonyl (C=O) groups excluding carboxylic acids is 3. The largest absolute Gasteiger partial charge is 0.333 e. The highest BCUT2D eigenvalue weighted by atomic mass is 16.2. The summed E-state index contributed by atoms with van der Waals surface area (Å²) in [5.41, 5.74) is 8.99. The number of benzene rings is 3. The van der Waals surface area contributed by atoms with Crippen LogP contribution in [0.2, 0.25) is 0 Å². The van der Waals surface area contributed by atoms with Crippen LogP contribution in [0.25, 0.3) is 33.6 Å². The van der Waals surface area contributed by atoms with E-state index < -0.39 is 17.8 Å². The molecule has 0 radical (unpaired) electrons. The first-order valence-electron chi connectivity index (χ1n) is 12.5. The van der Waals surface area contributed by atoms with Crippen molar-refractivity contribution in [2.24, 2.45) is 0 Å². The Labute approximate surface area is 214 Å². The Morgan fingerprint density at radius 2 is 1.22 bits per heavy atom. The molecule has 1 saturated heterocycles. The fourth-order valence-corrected chi connectivity index (χ4v) is 6.73. The molecule has 0 N–H and O–H groups in total. The lowest BCUT2D eigenvalue weighted by Crippen LogP contribution is -2.52. The van der Waals surface area contributed by atoms with Gasteiger partial charge in [0.15, 0.2) is 0 Å². The van der Waals surface area contributed by atoms with E-state index in [-0.39, 0.29) is 16.4 Å². The van der Waals surface area contributed by atoms with Crippen LogP contribution in [0.15, 0.2) is 54.1 Å². The Morgan fingerprint density at radius 3 is 1.86 bits per heavy atom. The molecular weight excluding hydrogens is 462 g/mol. The van der Waals surface area contributed by atoms with Gasteiger partial charge in [0, 0.05) is 35.7 Å². The molecule has 3 aliphatic heterocycles. The van der Waals surface area contributed by atoms with E-state index in [2.05, 4.69) is 80.8 Å². The van der Waals surface area contributed by atoms with Crippen LogP contribution in [-0.4, -0.2) is 46.3 Å². The highest BCUT2D eigenvalue weighted by molar-refractivity contribution is 6.30. The van der Waals surface area contributed by atoms with E-state index in [0.29, 0.717) is 0 Å². The van der Waals surface area contributed by atoms with Crippen molar-refractivity contribution < 1.29 is 14.4 Å². The van der Waals surface area contributed by atoms with Crippen molar-refractivity contribution >= 4 is 45.7 Å². The van der Waals surface area contributed by atoms with Gasteiger partial charge in [0.1, 0.15) is 5.57 Å². The number of rotatable bonds is 1. The van der Waals surface area contributed by atoms with Gasteiger partial charge in [-0.3, -0.25) is 19.4 Å². The van der Waals surface area contributed by atoms with Crippen LogP contribution in [-0.2, 0) is 20.4 Å². The molecule has 3 aromatic carbocycles. The maximum Gasteiger partial charge on any atom is 0.333 e. The van der Waals surface area contributed by atoms with Crippen LogP contribution in [0.1, 0.15) is 55.5 Å². The number of likely N-dealkylation sites (N-methyl/N-ethyl adjacent to an activating group) is 2. The molecule has 4 heterocycles. The third-order valence-corrected chi connectivity index (χ3v) is 8.81. The number of imide groups is 2. The molecule has 0 atom stereocenters. The first kappa shape index (κ1) is 22.0. The molecule has 7 rings (SSSR count). The highest BCUT2D eigenvalue weighted by Crippen LogP contribution is 2.55. The molecule has 0 bridgehead atoms. The normalized spacial score (nSPS) is 19.0. The molecule has 0 saturated carbocycles. The minimum absolute atomic E-state index is 0.0117. The van der Waals surface area contributed by atoms with Gasteiger partial charge in [-0.1, -0.05) is 64.1 Å². The number of aromatic nitrogens is 1. The number of urea groups is 1. The SMILES string of the molecule is CN1C(=O)C(=Cc2cc3c4c(c2)c2cccc5c2n4-c2c(cccc2C3(C)C)C5(C)C)C(=O)N(C)C1=O. The maximum absolute atomic E-state index is 12.9. The molecule has 4 aromatic rings. The molecule has 0 aliphatic carbocycles. The van der Waals surface area contributed by atoms with E-state index in [0.717, 1.165) is 31.7 Å². The number of para-hydroxylation sites is 2. The lowest BCUT2D eigenvalue weighted by molar-refractivity contribution is -0.134. The predicted octanol–water partition coefficient (Wildman–Crippen LogP) is 5.50. The molecule has 1 fully saturated rings. The molecule has 6 heteroatoms. The molecule has 6 nitrogen and oxygen atoms in total. The standard InChI is InChI=1S/C31H27N3O3/c1-30(2)20-10-7-9-17-18-13-16(14-19-27(35)32(5)29(37)33(6)28(19)36)15-23-25(18)34(24(17)20)26-21(30)11-8-12-22(26)31(23,3)4/h7-15H,1-6H3. The molecule has 184 valence electrons. The number of nitrogens with zero attached hydrogens (tertiary/aromatic N) is 3. The Hall–Kier alpha value is -4.19. The van der Waals surface area contributed by atoms with Gasteiger partial charge < -0.3 is 4.57 Å². The van der Waals surface area contributed by atoms with Gasteiger partial charge in [-0.15, -0.1) is 0 Å². The van der Waals surface area contributed by atoms with Crippen molar-refractivity contribution in [3.63, 3.8) is 0 Å². The topological polar surface area (TPSA) is 62.6 Å². The van der Waals surface area contributed by atoms with Gasteiger partial charge in [-0.05, 0) is 46.0 Å². The van der Waals surface area contributed by atoms with E-state index in [4.69, 9.17) is 0 Å². The summed E-state index contributed by atoms with van der Waals surface area (Å²) < 4.78 is 2.44. The fraction of sp³-hybridized carbons (Fsp3) is 0.258. The van der Waals surface area contributed by atoms with E-state index in [1.165, 1.54) is 47.5 Å². The van der Waals surface area contributed by atoms with Crippen molar-refractivity contribution in [2.45, 2.75) is 38.5 Å². The Bertz CT molecular complexity index is 1790. The van der Waals surface area contributed by atoms with Crippen LogP contribution >= 0.6 is 0 Å². The summed E-state index contributed by atoms with van der Waals surface area (Å²) in [5, 5.41) is 2.26. The fourth-order valence-electron chi connectivity index (χ4n) is 6.73. The summed E-state index contributed by atoms with van der Waals surface area (Å²) >= 11 is 0. The minimum atomic E-state index is -0.622. The summed E-state index contributed by atoms with van der Waals surface area (Å²) in [6, 6.07) is 16.7. The highest BCUT2D eigenvalue weighted by Gasteiger charge is 2.43. The summed E-state index contributed by atoms with van der Waals surface area (Å²) in [6.45, 7) is 9.08. The van der Waals surface area contributed by atoms with Gasteiger partial charge in [0.25, 0.3) is 11.8 Å². The number of fused-ring (bicyclic) bond motifs is 1. The van der Waals surface area contributed by atoms with E-state index in [1.807, 2.05) is 0 Å². The summed E-state index contributed by atoms with van der Waals surface area (Å²) in [4.78, 5) is 40.1. The van der Waals surface area contributed by atoms with E-state index >= 15 is 0 Å². The van der Waals surface area contributed by atoms with Crippen molar-refractivity contribution in [1.29, 1.82) is 0 Å². The van der Waals surface area contributed by atoms with E-state index in [9.17, 15) is 14.4 Å². The third kappa shape index (κ3) is 2.43. The number of hydrogen-bond donors (Lipinski definition) is 0. The van der Waals surface area contributed by atoms with Crippen molar-refractivity contribution in [3.05, 3.63) is 81.9 Å². The Balaban J connectivity index is 1.61. The van der Waals surface area contributed by atoms with Gasteiger partial charge >= 0.3 is 6.03 Å². The zero-order chi connectivity index (χ0) is 26.2. The molecule has 0 spiro atoms. The molecule has 0 unspecified atom stereocenters. The Morgan fingerprint density at radius 1 is 0.676 bits per heavy atom. The summed E-state index contributed by atoms with van der Waals surface area (Å²) in [5.74, 6) is -1.17. The van der Waals surface area contributed by atoms with Crippen molar-refractivity contribution in [3.8, 4) is 5.69 Å². The van der Waals surface area contributed by atoms with Crippen molar-refractivity contribution in [1.82, 2.24) is 14.4 Å². The van der Waals surface area contributed by atoms with E-state index in [1.54, 1.807) is 6.08 Å². The maximum atomic E-state index is 12.9. The molecular formula is C31H27N3O3. The van der Waals surface area contributed by atoms with Crippen LogP contribution < -0.4 is 0 Å². The van der Waals surface area contributed by atoms with Crippen molar-refractivity contribution in [2.75, 3.05) is 14.1 Å². The smallest absolute Gasteiger partial charge is 0.308 e. The minimum Gasteiger partial charge on any atom is -0.308 e. The second kappa shape index (κ2) is 6.57. The number of barbiturate groups is 1. The lowest BCUT2D eigenvalue weighted by Gasteiger charge is -2.42. The van der Waals surface area contributed by atoms with Gasteiger partial charge in [-0.2, -0.15) is 0 Å². The number of carbonyl (C=O) groups is 3. The third-order valence-electron chi connectivity index (χ3n) is 8.81. The first-order valence-corrected chi connectivity index (χ1v) is 12.5.